The highest BCUT2D eigenvalue weighted by atomic mass is 14.4. The Morgan fingerprint density at radius 1 is 0.462 bits per heavy atom. The van der Waals surface area contributed by atoms with E-state index in [1.165, 1.54) is 0 Å². The number of rotatable bonds is 0. The minimum atomic E-state index is 1.14. The van der Waals surface area contributed by atoms with E-state index in [9.17, 15) is 0 Å². The van der Waals surface area contributed by atoms with Gasteiger partial charge in [-0.15, -0.1) is 0 Å². The first-order valence-electron chi connectivity index (χ1n) is 6.42. The second-order valence-corrected chi connectivity index (χ2v) is 5.80. The maximum absolute atomic E-state index is 1.60. The quantitative estimate of drug-likeness (QED) is 0.526. The van der Waals surface area contributed by atoms with Gasteiger partial charge in [0.05, 0.1) is 0 Å². The average molecular weight is 178 g/mol. The smallest absolute Gasteiger partial charge is 0.0386 e. The van der Waals surface area contributed by atoms with Gasteiger partial charge in [-0.05, 0) is 55.8 Å². The van der Waals surface area contributed by atoms with Gasteiger partial charge in [-0.1, -0.05) is 25.7 Å². The summed E-state index contributed by atoms with van der Waals surface area (Å²) >= 11 is 0. The Hall–Kier alpha value is 0. The predicted molar refractivity (Wildman–Crippen MR) is 55.5 cm³/mol. The van der Waals surface area contributed by atoms with E-state index in [0.717, 1.165) is 23.7 Å². The van der Waals surface area contributed by atoms with Gasteiger partial charge in [0.25, 0.3) is 0 Å². The van der Waals surface area contributed by atoms with Crippen molar-refractivity contribution in [2.75, 3.05) is 0 Å². The zero-order valence-electron chi connectivity index (χ0n) is 8.67. The number of hydrogen-bond donors (Lipinski definition) is 0. The van der Waals surface area contributed by atoms with Crippen LogP contribution in [-0.2, 0) is 0 Å². The van der Waals surface area contributed by atoms with Crippen molar-refractivity contribution in [2.24, 2.45) is 23.7 Å². The van der Waals surface area contributed by atoms with Crippen LogP contribution >= 0.6 is 0 Å². The van der Waals surface area contributed by atoms with Crippen LogP contribution < -0.4 is 0 Å². The minimum absolute atomic E-state index is 1.14. The molecule has 0 N–H and O–H groups in total. The molecule has 6 saturated carbocycles. The lowest BCUT2D eigenvalue weighted by atomic mass is 9.73. The lowest BCUT2D eigenvalue weighted by Gasteiger charge is -2.32. The van der Waals surface area contributed by atoms with Crippen molar-refractivity contribution in [1.29, 1.82) is 0 Å². The van der Waals surface area contributed by atoms with E-state index in [2.05, 4.69) is 0 Å². The summed E-state index contributed by atoms with van der Waals surface area (Å²) < 4.78 is 0. The molecule has 13 heavy (non-hydrogen) atoms. The van der Waals surface area contributed by atoms with Gasteiger partial charge in [-0.25, -0.2) is 0 Å². The first-order chi connectivity index (χ1) is 6.42. The van der Waals surface area contributed by atoms with E-state index in [1.807, 2.05) is 0 Å². The molecule has 6 fully saturated rings. The Bertz CT molecular complexity index is 148. The summed E-state index contributed by atoms with van der Waals surface area (Å²) in [6, 6.07) is 0. The van der Waals surface area contributed by atoms with Crippen molar-refractivity contribution >= 4 is 0 Å². The summed E-state index contributed by atoms with van der Waals surface area (Å²) in [6.45, 7) is 0. The van der Waals surface area contributed by atoms with Crippen LogP contribution in [0.15, 0.2) is 0 Å². The van der Waals surface area contributed by atoms with Crippen LogP contribution in [0.4, 0.5) is 0 Å². The molecule has 6 rings (SSSR count). The summed E-state index contributed by atoms with van der Waals surface area (Å²) in [6.07, 6.45) is 14.3. The molecule has 0 atom stereocenters. The van der Waals surface area contributed by atoms with Crippen molar-refractivity contribution in [3.05, 3.63) is 0 Å². The third-order valence-electron chi connectivity index (χ3n) is 5.12. The van der Waals surface area contributed by atoms with E-state index >= 15 is 0 Å². The fourth-order valence-corrected chi connectivity index (χ4v) is 4.26. The highest BCUT2D eigenvalue weighted by molar-refractivity contribution is 4.86. The molecule has 0 nitrogen and oxygen atoms in total. The molecule has 74 valence electrons. The molecular weight excluding hydrogens is 156 g/mol. The van der Waals surface area contributed by atoms with Crippen LogP contribution in [0.3, 0.4) is 0 Å². The lowest BCUT2D eigenvalue weighted by molar-refractivity contribution is 0.191. The van der Waals surface area contributed by atoms with Gasteiger partial charge in [0.1, 0.15) is 0 Å². The fourth-order valence-electron chi connectivity index (χ4n) is 4.26. The van der Waals surface area contributed by atoms with Gasteiger partial charge in [0.2, 0.25) is 0 Å². The van der Waals surface area contributed by atoms with Crippen LogP contribution in [0.2, 0.25) is 0 Å². The van der Waals surface area contributed by atoms with Gasteiger partial charge in [0.15, 0.2) is 0 Å². The molecule has 0 spiro atoms. The molecule has 4 bridgehead atoms. The molecule has 0 aromatic rings. The first-order valence-corrected chi connectivity index (χ1v) is 6.42. The second kappa shape index (κ2) is 3.29. The zero-order valence-corrected chi connectivity index (χ0v) is 8.67. The average Bonchev–Trinajstić information content (AvgIpc) is 2.39. The SMILES string of the molecule is C1CC2CCC1CC1CCC2CC1. The lowest BCUT2D eigenvalue weighted by Crippen LogP contribution is -2.21. The largest absolute Gasteiger partial charge is 0.0502 e. The summed E-state index contributed by atoms with van der Waals surface area (Å²) in [5.74, 6) is 4.57. The Balaban J connectivity index is 1.82. The molecule has 0 radical (unpaired) electrons. The topological polar surface area (TPSA) is 0 Å². The Kier molecular flexibility index (Phi) is 2.11. The predicted octanol–water partition coefficient (Wildman–Crippen LogP) is 4.00. The molecule has 0 saturated heterocycles. The highest BCUT2D eigenvalue weighted by Gasteiger charge is 2.34. The van der Waals surface area contributed by atoms with Gasteiger partial charge < -0.3 is 0 Å². The van der Waals surface area contributed by atoms with Crippen molar-refractivity contribution in [3.8, 4) is 0 Å². The molecule has 0 unspecified atom stereocenters. The molecule has 0 aromatic carbocycles. The summed E-state index contributed by atoms with van der Waals surface area (Å²) in [5.41, 5.74) is 0. The molecule has 0 aliphatic heterocycles. The van der Waals surface area contributed by atoms with Gasteiger partial charge in [-0.3, -0.25) is 0 Å². The fraction of sp³-hybridized carbons (Fsp3) is 1.00. The summed E-state index contributed by atoms with van der Waals surface area (Å²) in [7, 11) is 0. The molecule has 0 amide bonds. The summed E-state index contributed by atoms with van der Waals surface area (Å²) in [5, 5.41) is 0. The van der Waals surface area contributed by atoms with Crippen molar-refractivity contribution < 1.29 is 0 Å². The highest BCUT2D eigenvalue weighted by Crippen LogP contribution is 2.47. The van der Waals surface area contributed by atoms with E-state index in [1.54, 1.807) is 57.8 Å². The Labute approximate surface area is 82.1 Å². The zero-order chi connectivity index (χ0) is 8.67. The second-order valence-electron chi connectivity index (χ2n) is 5.80. The van der Waals surface area contributed by atoms with Crippen molar-refractivity contribution in [3.63, 3.8) is 0 Å². The van der Waals surface area contributed by atoms with Gasteiger partial charge in [0, 0.05) is 0 Å². The first kappa shape index (κ1) is 8.32. The van der Waals surface area contributed by atoms with Crippen LogP contribution in [0.25, 0.3) is 0 Å². The monoisotopic (exact) mass is 178 g/mol. The van der Waals surface area contributed by atoms with E-state index in [-0.39, 0.29) is 0 Å². The van der Waals surface area contributed by atoms with Crippen LogP contribution in [0, 0.1) is 23.7 Å². The molecule has 6 aliphatic rings. The molecule has 6 aliphatic carbocycles. The van der Waals surface area contributed by atoms with Crippen LogP contribution in [-0.4, -0.2) is 0 Å². The third kappa shape index (κ3) is 1.53. The van der Waals surface area contributed by atoms with Gasteiger partial charge >= 0.3 is 0 Å². The maximum atomic E-state index is 1.60. The summed E-state index contributed by atoms with van der Waals surface area (Å²) in [4.78, 5) is 0. The van der Waals surface area contributed by atoms with E-state index in [0.29, 0.717) is 0 Å². The van der Waals surface area contributed by atoms with Crippen molar-refractivity contribution in [2.45, 2.75) is 57.8 Å². The normalized spacial score (nSPS) is 49.8. The number of hydrogen-bond acceptors (Lipinski definition) is 0. The molecular formula is C13H22. The molecule has 0 heterocycles. The standard InChI is InChI=1S/C13H22/c1-5-12-6-2-10(1)9-11-3-7-13(12)8-4-11/h10-13H,1-9H2. The van der Waals surface area contributed by atoms with Crippen molar-refractivity contribution in [1.82, 2.24) is 0 Å². The Morgan fingerprint density at radius 2 is 0.846 bits per heavy atom. The van der Waals surface area contributed by atoms with E-state index in [4.69, 9.17) is 0 Å². The van der Waals surface area contributed by atoms with Crippen LogP contribution in [0.1, 0.15) is 57.8 Å². The Morgan fingerprint density at radius 3 is 1.23 bits per heavy atom. The molecule has 0 heteroatoms. The van der Waals surface area contributed by atoms with Gasteiger partial charge in [-0.2, -0.15) is 0 Å². The van der Waals surface area contributed by atoms with E-state index < -0.39 is 0 Å². The maximum Gasteiger partial charge on any atom is -0.0386 e. The third-order valence-corrected chi connectivity index (χ3v) is 5.12. The minimum Gasteiger partial charge on any atom is -0.0502 e. The molecule has 0 aromatic heterocycles. The van der Waals surface area contributed by atoms with Crippen LogP contribution in [0.5, 0.6) is 0 Å².